The Balaban J connectivity index is 0. The molecule has 0 heterocycles. The van der Waals surface area contributed by atoms with Gasteiger partial charge in [-0.1, -0.05) is 20.3 Å². The van der Waals surface area contributed by atoms with Crippen LogP contribution in [0, 0.1) is 18.6 Å². The molecule has 0 saturated heterocycles. The zero-order valence-corrected chi connectivity index (χ0v) is 9.57. The Morgan fingerprint density at radius 2 is 2.10 bits per heavy atom. The van der Waals surface area contributed by atoms with Crippen LogP contribution in [0.2, 0.25) is 0 Å². The molecular formula is C9H14W. The molecule has 0 aromatic rings. The molecule has 0 spiro atoms. The van der Waals surface area contributed by atoms with Crippen LogP contribution in [0.4, 0.5) is 0 Å². The van der Waals surface area contributed by atoms with Gasteiger partial charge in [-0.15, -0.1) is 6.42 Å². The summed E-state index contributed by atoms with van der Waals surface area (Å²) in [5, 5.41) is 0. The van der Waals surface area contributed by atoms with Crippen LogP contribution >= 0.6 is 0 Å². The third-order valence-electron chi connectivity index (χ3n) is 1.08. The van der Waals surface area contributed by atoms with E-state index in [4.69, 9.17) is 6.58 Å². The Labute approximate surface area is 78.7 Å². The first-order chi connectivity index (χ1) is 4.27. The van der Waals surface area contributed by atoms with Crippen molar-refractivity contribution in [1.29, 1.82) is 0 Å². The number of hydrogen-bond acceptors (Lipinski definition) is 0. The summed E-state index contributed by atoms with van der Waals surface area (Å²) in [5.41, 5.74) is 0. The minimum absolute atomic E-state index is 0. The van der Waals surface area contributed by atoms with E-state index < -0.39 is 0 Å². The van der Waals surface area contributed by atoms with Crippen LogP contribution in [-0.4, -0.2) is 0 Å². The molecule has 0 saturated carbocycles. The van der Waals surface area contributed by atoms with Crippen molar-refractivity contribution in [3.63, 3.8) is 0 Å². The van der Waals surface area contributed by atoms with Crippen molar-refractivity contribution >= 4 is 0 Å². The van der Waals surface area contributed by atoms with Crippen LogP contribution in [0.3, 0.4) is 0 Å². The molecule has 0 aromatic heterocycles. The minimum Gasteiger partial charge on any atom is -0.394 e. The minimum atomic E-state index is 0. The number of rotatable bonds is 4. The quantitative estimate of drug-likeness (QED) is 0.553. The molecule has 0 bridgehead atoms. The summed E-state index contributed by atoms with van der Waals surface area (Å²) in [4.78, 5) is 0. The average Bonchev–Trinajstić information content (AvgIpc) is 1.80. The second kappa shape index (κ2) is 9.17. The molecule has 0 rings (SSSR count). The van der Waals surface area contributed by atoms with Crippen molar-refractivity contribution in [2.24, 2.45) is 5.92 Å². The molecule has 0 fully saturated rings. The van der Waals surface area contributed by atoms with E-state index in [2.05, 4.69) is 19.9 Å². The summed E-state index contributed by atoms with van der Waals surface area (Å²) >= 11 is 0. The van der Waals surface area contributed by atoms with Gasteiger partial charge in [0.1, 0.15) is 0 Å². The predicted molar refractivity (Wildman–Crippen MR) is 40.8 cm³/mol. The van der Waals surface area contributed by atoms with E-state index in [0.29, 0.717) is 0 Å². The summed E-state index contributed by atoms with van der Waals surface area (Å²) in [6.07, 6.45) is 8.56. The summed E-state index contributed by atoms with van der Waals surface area (Å²) < 4.78 is 0. The molecule has 0 atom stereocenters. The van der Waals surface area contributed by atoms with Gasteiger partial charge in [0, 0.05) is 0 Å². The van der Waals surface area contributed by atoms with Crippen LogP contribution in [0.5, 0.6) is 0 Å². The maximum Gasteiger partial charge on any atom is 2.00 e. The van der Waals surface area contributed by atoms with Crippen molar-refractivity contribution in [3.8, 4) is 0 Å². The predicted octanol–water partition coefficient (Wildman–Crippen LogP) is 2.77. The Morgan fingerprint density at radius 3 is 2.50 bits per heavy atom. The first-order valence-electron chi connectivity index (χ1n) is 3.37. The van der Waals surface area contributed by atoms with Gasteiger partial charge >= 0.3 is 21.1 Å². The first kappa shape index (κ1) is 12.8. The molecule has 0 radical (unpaired) electrons. The Kier molecular flexibility index (Phi) is 11.7. The molecule has 56 valence electrons. The first-order valence-corrected chi connectivity index (χ1v) is 3.37. The van der Waals surface area contributed by atoms with Gasteiger partial charge in [-0.2, -0.15) is 0 Å². The molecule has 10 heavy (non-hydrogen) atoms. The van der Waals surface area contributed by atoms with Crippen LogP contribution in [-0.2, 0) is 21.1 Å². The van der Waals surface area contributed by atoms with Gasteiger partial charge in [0.2, 0.25) is 0 Å². The second-order valence-corrected chi connectivity index (χ2v) is 2.50. The molecule has 0 aliphatic carbocycles. The molecule has 0 N–H and O–H groups in total. The molecule has 0 aliphatic rings. The van der Waals surface area contributed by atoms with Crippen LogP contribution in [0.15, 0.2) is 12.2 Å². The Morgan fingerprint density at radius 1 is 1.50 bits per heavy atom. The van der Waals surface area contributed by atoms with Crippen molar-refractivity contribution in [2.75, 3.05) is 0 Å². The van der Waals surface area contributed by atoms with Gasteiger partial charge in [-0.25, -0.2) is 0 Å². The van der Waals surface area contributed by atoms with E-state index in [0.717, 1.165) is 12.3 Å². The maximum atomic E-state index is 5.10. The van der Waals surface area contributed by atoms with E-state index in [1.807, 2.05) is 0 Å². The third-order valence-corrected chi connectivity index (χ3v) is 1.08. The Bertz CT molecular complexity index is 92.9. The van der Waals surface area contributed by atoms with Crippen LogP contribution in [0.25, 0.3) is 0 Å². The van der Waals surface area contributed by atoms with Gasteiger partial charge in [0.15, 0.2) is 0 Å². The summed E-state index contributed by atoms with van der Waals surface area (Å²) in [7, 11) is 0. The SMILES string of the molecule is [CH-]=CC=[C-]CCC(C)C.[W+2]. The van der Waals surface area contributed by atoms with Crippen LogP contribution < -0.4 is 0 Å². The molecule has 0 unspecified atom stereocenters. The molecule has 0 amide bonds. The van der Waals surface area contributed by atoms with E-state index in [1.54, 1.807) is 6.08 Å². The smallest absolute Gasteiger partial charge is 0.394 e. The van der Waals surface area contributed by atoms with E-state index in [9.17, 15) is 0 Å². The molecular weight excluding hydrogens is 292 g/mol. The van der Waals surface area contributed by atoms with Gasteiger partial charge < -0.3 is 24.8 Å². The van der Waals surface area contributed by atoms with Gasteiger partial charge in [-0.3, -0.25) is 0 Å². The van der Waals surface area contributed by atoms with E-state index >= 15 is 0 Å². The fourth-order valence-electron chi connectivity index (χ4n) is 0.523. The molecule has 0 nitrogen and oxygen atoms in total. The molecule has 1 heteroatoms. The standard InChI is InChI=1S/C9H14.W/c1-4-5-6-7-8-9(2)3;/h1,4-5,9H,7-8H2,2-3H3;/q-2;+2. The Hall–Kier alpha value is 0.168. The van der Waals surface area contributed by atoms with Crippen molar-refractivity contribution in [1.82, 2.24) is 0 Å². The summed E-state index contributed by atoms with van der Waals surface area (Å²) in [5.74, 6) is 0.767. The zero-order chi connectivity index (χ0) is 7.11. The van der Waals surface area contributed by atoms with Crippen molar-refractivity contribution in [2.45, 2.75) is 26.7 Å². The van der Waals surface area contributed by atoms with Gasteiger partial charge in [0.25, 0.3) is 0 Å². The zero-order valence-electron chi connectivity index (χ0n) is 6.63. The monoisotopic (exact) mass is 306 g/mol. The topological polar surface area (TPSA) is 0 Å². The largest absolute Gasteiger partial charge is 2.00 e. The summed E-state index contributed by atoms with van der Waals surface area (Å²) in [6, 6.07) is 0. The van der Waals surface area contributed by atoms with E-state index in [1.165, 1.54) is 12.5 Å². The fraction of sp³-hybridized carbons (Fsp3) is 0.556. The fourth-order valence-corrected chi connectivity index (χ4v) is 0.523. The normalized spacial score (nSPS) is 9.90. The third kappa shape index (κ3) is 11.0. The summed E-state index contributed by atoms with van der Waals surface area (Å²) in [6.45, 7) is 9.51. The average molecular weight is 306 g/mol. The van der Waals surface area contributed by atoms with E-state index in [-0.39, 0.29) is 21.1 Å². The molecule has 0 aliphatic heterocycles. The second-order valence-electron chi connectivity index (χ2n) is 2.50. The number of allylic oxidation sites excluding steroid dienone is 3. The maximum absolute atomic E-state index is 5.10. The van der Waals surface area contributed by atoms with Crippen LogP contribution in [0.1, 0.15) is 26.7 Å². The van der Waals surface area contributed by atoms with Gasteiger partial charge in [-0.05, 0) is 5.92 Å². The van der Waals surface area contributed by atoms with Crippen molar-refractivity contribution < 1.29 is 21.1 Å². The van der Waals surface area contributed by atoms with Crippen molar-refractivity contribution in [3.05, 3.63) is 24.8 Å². The van der Waals surface area contributed by atoms with Gasteiger partial charge in [0.05, 0.1) is 0 Å². The molecule has 0 aromatic carbocycles. The number of hydrogen-bond donors (Lipinski definition) is 0.